The Morgan fingerprint density at radius 2 is 1.94 bits per heavy atom. The summed E-state index contributed by atoms with van der Waals surface area (Å²) in [6, 6.07) is 1.22. The van der Waals surface area contributed by atoms with E-state index in [1.54, 1.807) is 0 Å². The summed E-state index contributed by atoms with van der Waals surface area (Å²) in [5, 5.41) is 0. The molecule has 0 amide bonds. The number of piperidine rings is 1. The molecule has 2 unspecified atom stereocenters. The second kappa shape index (κ2) is 7.46. The van der Waals surface area contributed by atoms with Crippen LogP contribution in [0.25, 0.3) is 0 Å². The molecule has 0 radical (unpaired) electrons. The van der Waals surface area contributed by atoms with E-state index in [0.717, 1.165) is 12.6 Å². The van der Waals surface area contributed by atoms with Crippen LogP contribution < -0.4 is 5.73 Å². The number of hydrogen-bond acceptors (Lipinski definition) is 3. The standard InChI is InChI=1S/C15H31N3/c1-2-3-7-14(16)12-17-11-8-15(13-17)18-9-5-4-6-10-18/h14-15H,2-13,16H2,1H3. The summed E-state index contributed by atoms with van der Waals surface area (Å²) in [6.07, 6.45) is 9.37. The van der Waals surface area contributed by atoms with Crippen LogP contribution in [0.1, 0.15) is 51.9 Å². The highest BCUT2D eigenvalue weighted by Gasteiger charge is 2.28. The molecule has 2 aliphatic rings. The molecule has 2 atom stereocenters. The molecule has 2 aliphatic heterocycles. The summed E-state index contributed by atoms with van der Waals surface area (Å²) in [4.78, 5) is 5.32. The van der Waals surface area contributed by atoms with Gasteiger partial charge in [-0.1, -0.05) is 26.2 Å². The van der Waals surface area contributed by atoms with Crippen molar-refractivity contribution in [2.75, 3.05) is 32.7 Å². The summed E-state index contributed by atoms with van der Waals surface area (Å²) < 4.78 is 0. The highest BCUT2D eigenvalue weighted by molar-refractivity contribution is 4.86. The lowest BCUT2D eigenvalue weighted by Gasteiger charge is -2.32. The summed E-state index contributed by atoms with van der Waals surface area (Å²) in [6.45, 7) is 8.56. The van der Waals surface area contributed by atoms with E-state index in [2.05, 4.69) is 16.7 Å². The Bertz CT molecular complexity index is 226. The number of rotatable bonds is 6. The first-order chi connectivity index (χ1) is 8.79. The van der Waals surface area contributed by atoms with Crippen molar-refractivity contribution in [1.82, 2.24) is 9.80 Å². The van der Waals surface area contributed by atoms with Gasteiger partial charge in [-0.05, 0) is 45.3 Å². The first-order valence-electron chi connectivity index (χ1n) is 8.01. The van der Waals surface area contributed by atoms with Gasteiger partial charge in [-0.2, -0.15) is 0 Å². The lowest BCUT2D eigenvalue weighted by Crippen LogP contribution is -2.42. The van der Waals surface area contributed by atoms with Crippen molar-refractivity contribution >= 4 is 0 Å². The maximum atomic E-state index is 6.21. The van der Waals surface area contributed by atoms with E-state index in [1.807, 2.05) is 0 Å². The first kappa shape index (κ1) is 14.3. The highest BCUT2D eigenvalue weighted by atomic mass is 15.3. The summed E-state index contributed by atoms with van der Waals surface area (Å²) >= 11 is 0. The molecular weight excluding hydrogens is 222 g/mol. The van der Waals surface area contributed by atoms with Gasteiger partial charge in [0.05, 0.1) is 0 Å². The van der Waals surface area contributed by atoms with Gasteiger partial charge < -0.3 is 10.6 Å². The third-order valence-electron chi connectivity index (χ3n) is 4.58. The molecular formula is C15H31N3. The van der Waals surface area contributed by atoms with E-state index in [1.165, 1.54) is 71.1 Å². The molecule has 0 aromatic carbocycles. The van der Waals surface area contributed by atoms with Crippen molar-refractivity contribution in [3.05, 3.63) is 0 Å². The molecule has 18 heavy (non-hydrogen) atoms. The van der Waals surface area contributed by atoms with Gasteiger partial charge >= 0.3 is 0 Å². The average Bonchev–Trinajstić information content (AvgIpc) is 2.86. The van der Waals surface area contributed by atoms with Crippen molar-refractivity contribution in [3.63, 3.8) is 0 Å². The largest absolute Gasteiger partial charge is 0.327 e. The predicted octanol–water partition coefficient (Wildman–Crippen LogP) is 2.06. The van der Waals surface area contributed by atoms with Crippen LogP contribution in [0.3, 0.4) is 0 Å². The van der Waals surface area contributed by atoms with Crippen LogP contribution in [0.15, 0.2) is 0 Å². The van der Waals surface area contributed by atoms with Gasteiger partial charge in [0.1, 0.15) is 0 Å². The normalized spacial score (nSPS) is 28.7. The molecule has 0 aliphatic carbocycles. The zero-order chi connectivity index (χ0) is 12.8. The molecule has 0 saturated carbocycles. The molecule has 3 heteroatoms. The minimum atomic E-state index is 0.394. The van der Waals surface area contributed by atoms with Gasteiger partial charge in [-0.15, -0.1) is 0 Å². The Hall–Kier alpha value is -0.120. The Balaban J connectivity index is 1.67. The molecule has 2 heterocycles. The lowest BCUT2D eigenvalue weighted by molar-refractivity contribution is 0.160. The van der Waals surface area contributed by atoms with Gasteiger partial charge in [0, 0.05) is 25.2 Å². The molecule has 3 nitrogen and oxygen atoms in total. The Labute approximate surface area is 113 Å². The topological polar surface area (TPSA) is 32.5 Å². The van der Waals surface area contributed by atoms with Crippen molar-refractivity contribution in [2.45, 2.75) is 64.0 Å². The van der Waals surface area contributed by atoms with Crippen LogP contribution >= 0.6 is 0 Å². The smallest absolute Gasteiger partial charge is 0.0235 e. The fourth-order valence-electron chi connectivity index (χ4n) is 3.45. The number of unbranched alkanes of at least 4 members (excludes halogenated alkanes) is 1. The van der Waals surface area contributed by atoms with E-state index in [0.29, 0.717) is 6.04 Å². The highest BCUT2D eigenvalue weighted by Crippen LogP contribution is 2.20. The molecule has 2 rings (SSSR count). The van der Waals surface area contributed by atoms with Crippen molar-refractivity contribution in [1.29, 1.82) is 0 Å². The summed E-state index contributed by atoms with van der Waals surface area (Å²) in [5.74, 6) is 0. The van der Waals surface area contributed by atoms with Crippen LogP contribution in [0, 0.1) is 0 Å². The third kappa shape index (κ3) is 4.22. The molecule has 0 bridgehead atoms. The van der Waals surface area contributed by atoms with Crippen molar-refractivity contribution < 1.29 is 0 Å². The van der Waals surface area contributed by atoms with Crippen LogP contribution in [0.5, 0.6) is 0 Å². The van der Waals surface area contributed by atoms with Crippen LogP contribution in [0.4, 0.5) is 0 Å². The third-order valence-corrected chi connectivity index (χ3v) is 4.58. The van der Waals surface area contributed by atoms with Crippen LogP contribution in [-0.4, -0.2) is 54.6 Å². The maximum absolute atomic E-state index is 6.21. The fraction of sp³-hybridized carbons (Fsp3) is 1.00. The van der Waals surface area contributed by atoms with Crippen LogP contribution in [0.2, 0.25) is 0 Å². The average molecular weight is 253 g/mol. The predicted molar refractivity (Wildman–Crippen MR) is 77.8 cm³/mol. The molecule has 106 valence electrons. The number of nitrogens with two attached hydrogens (primary N) is 1. The Morgan fingerprint density at radius 1 is 1.17 bits per heavy atom. The molecule has 0 spiro atoms. The molecule has 2 saturated heterocycles. The molecule has 2 N–H and O–H groups in total. The van der Waals surface area contributed by atoms with Gasteiger partial charge in [-0.3, -0.25) is 4.90 Å². The second-order valence-electron chi connectivity index (χ2n) is 6.20. The number of likely N-dealkylation sites (tertiary alicyclic amines) is 2. The van der Waals surface area contributed by atoms with Gasteiger partial charge in [-0.25, -0.2) is 0 Å². The molecule has 0 aromatic heterocycles. The minimum absolute atomic E-state index is 0.394. The SMILES string of the molecule is CCCCC(N)CN1CCC(N2CCCCC2)C1. The molecule has 0 aromatic rings. The van der Waals surface area contributed by atoms with Gasteiger partial charge in [0.25, 0.3) is 0 Å². The number of nitrogens with zero attached hydrogens (tertiary/aromatic N) is 2. The van der Waals surface area contributed by atoms with E-state index < -0.39 is 0 Å². The quantitative estimate of drug-likeness (QED) is 0.786. The summed E-state index contributed by atoms with van der Waals surface area (Å²) in [5.41, 5.74) is 6.21. The van der Waals surface area contributed by atoms with E-state index in [9.17, 15) is 0 Å². The zero-order valence-electron chi connectivity index (χ0n) is 12.1. The Morgan fingerprint density at radius 3 is 2.67 bits per heavy atom. The van der Waals surface area contributed by atoms with Crippen molar-refractivity contribution in [2.24, 2.45) is 5.73 Å². The van der Waals surface area contributed by atoms with Crippen molar-refractivity contribution in [3.8, 4) is 0 Å². The fourth-order valence-corrected chi connectivity index (χ4v) is 3.45. The van der Waals surface area contributed by atoms with Gasteiger partial charge in [0.2, 0.25) is 0 Å². The monoisotopic (exact) mass is 253 g/mol. The molecule has 2 fully saturated rings. The first-order valence-corrected chi connectivity index (χ1v) is 8.01. The van der Waals surface area contributed by atoms with Crippen LogP contribution in [-0.2, 0) is 0 Å². The Kier molecular flexibility index (Phi) is 5.93. The lowest BCUT2D eigenvalue weighted by atomic mass is 10.1. The zero-order valence-corrected chi connectivity index (χ0v) is 12.1. The second-order valence-corrected chi connectivity index (χ2v) is 6.20. The number of hydrogen-bond donors (Lipinski definition) is 1. The maximum Gasteiger partial charge on any atom is 0.0235 e. The minimum Gasteiger partial charge on any atom is -0.327 e. The van der Waals surface area contributed by atoms with E-state index >= 15 is 0 Å². The summed E-state index contributed by atoms with van der Waals surface area (Å²) in [7, 11) is 0. The van der Waals surface area contributed by atoms with E-state index in [4.69, 9.17) is 5.73 Å². The van der Waals surface area contributed by atoms with Gasteiger partial charge in [0.15, 0.2) is 0 Å². The van der Waals surface area contributed by atoms with E-state index in [-0.39, 0.29) is 0 Å².